The van der Waals surface area contributed by atoms with E-state index in [2.05, 4.69) is 53.9 Å². The van der Waals surface area contributed by atoms with Crippen LogP contribution in [0.25, 0.3) is 10.8 Å². The summed E-state index contributed by atoms with van der Waals surface area (Å²) in [5, 5.41) is 14.8. The van der Waals surface area contributed by atoms with Gasteiger partial charge in [-0.3, -0.25) is 0 Å². The summed E-state index contributed by atoms with van der Waals surface area (Å²) in [5.74, 6) is 0. The largest absolute Gasteiger partial charge is 0.384 e. The monoisotopic (exact) mass is 236 g/mol. The molecule has 1 aliphatic carbocycles. The topological polar surface area (TPSA) is 35.8 Å². The molecule has 0 radical (unpaired) electrons. The summed E-state index contributed by atoms with van der Waals surface area (Å²) >= 11 is 0. The number of benzene rings is 2. The van der Waals surface area contributed by atoms with Crippen LogP contribution < -0.4 is 5.32 Å². The lowest BCUT2D eigenvalue weighted by molar-refractivity contribution is 0.557. The highest BCUT2D eigenvalue weighted by Crippen LogP contribution is 2.48. The van der Waals surface area contributed by atoms with E-state index in [1.54, 1.807) is 0 Å². The van der Waals surface area contributed by atoms with Gasteiger partial charge in [-0.15, -0.1) is 0 Å². The highest BCUT2D eigenvalue weighted by molar-refractivity contribution is 5.85. The molecule has 0 aliphatic heterocycles. The first-order chi connectivity index (χ1) is 8.81. The number of fused-ring (bicyclic) bond motifs is 1. The second-order valence-electron chi connectivity index (χ2n) is 5.25. The Hall–Kier alpha value is -2.01. The zero-order valence-corrected chi connectivity index (χ0v) is 10.3. The van der Waals surface area contributed by atoms with Gasteiger partial charge >= 0.3 is 0 Å². The van der Waals surface area contributed by atoms with Crippen LogP contribution in [0.1, 0.15) is 19.3 Å². The smallest absolute Gasteiger partial charge is 0.0628 e. The first-order valence-corrected chi connectivity index (χ1v) is 6.41. The number of anilines is 1. The average molecular weight is 236 g/mol. The highest BCUT2D eigenvalue weighted by Gasteiger charge is 2.42. The van der Waals surface area contributed by atoms with E-state index in [9.17, 15) is 0 Å². The van der Waals surface area contributed by atoms with Gasteiger partial charge < -0.3 is 5.32 Å². The van der Waals surface area contributed by atoms with E-state index in [0.717, 1.165) is 12.2 Å². The van der Waals surface area contributed by atoms with E-state index >= 15 is 0 Å². The second-order valence-corrected chi connectivity index (χ2v) is 5.25. The third-order valence-electron chi connectivity index (χ3n) is 3.83. The van der Waals surface area contributed by atoms with E-state index in [1.165, 1.54) is 23.6 Å². The van der Waals surface area contributed by atoms with Crippen LogP contribution in [-0.2, 0) is 0 Å². The van der Waals surface area contributed by atoms with Crippen molar-refractivity contribution in [3.63, 3.8) is 0 Å². The highest BCUT2D eigenvalue weighted by atomic mass is 14.9. The first kappa shape index (κ1) is 11.1. The third kappa shape index (κ3) is 2.17. The van der Waals surface area contributed by atoms with Crippen LogP contribution in [0, 0.1) is 16.7 Å². The molecular formula is C16H16N2. The van der Waals surface area contributed by atoms with Gasteiger partial charge in [-0.1, -0.05) is 30.3 Å². The van der Waals surface area contributed by atoms with Crippen molar-refractivity contribution in [2.75, 3.05) is 11.9 Å². The quantitative estimate of drug-likeness (QED) is 0.872. The molecule has 0 saturated heterocycles. The van der Waals surface area contributed by atoms with Crippen molar-refractivity contribution >= 4 is 16.5 Å². The molecule has 0 heterocycles. The molecule has 0 aromatic heterocycles. The summed E-state index contributed by atoms with van der Waals surface area (Å²) in [4.78, 5) is 0. The van der Waals surface area contributed by atoms with Crippen LogP contribution in [0.5, 0.6) is 0 Å². The Balaban J connectivity index is 1.73. The zero-order valence-electron chi connectivity index (χ0n) is 10.3. The Morgan fingerprint density at radius 2 is 1.89 bits per heavy atom. The SMILES string of the molecule is N#CCC1(CNc2ccc3ccccc3c2)CC1. The normalized spacial score (nSPS) is 16.2. The summed E-state index contributed by atoms with van der Waals surface area (Å²) in [6.07, 6.45) is 3.04. The van der Waals surface area contributed by atoms with Crippen molar-refractivity contribution in [3.8, 4) is 6.07 Å². The molecule has 3 rings (SSSR count). The summed E-state index contributed by atoms with van der Waals surface area (Å²) in [6.45, 7) is 0.916. The maximum absolute atomic E-state index is 8.80. The predicted molar refractivity (Wildman–Crippen MR) is 74.3 cm³/mol. The lowest BCUT2D eigenvalue weighted by atomic mass is 10.0. The molecule has 2 aromatic carbocycles. The molecule has 18 heavy (non-hydrogen) atoms. The summed E-state index contributed by atoms with van der Waals surface area (Å²) in [6, 6.07) is 17.1. The number of hydrogen-bond acceptors (Lipinski definition) is 2. The molecule has 0 unspecified atom stereocenters. The number of hydrogen-bond donors (Lipinski definition) is 1. The van der Waals surface area contributed by atoms with E-state index in [-0.39, 0.29) is 5.41 Å². The Kier molecular flexibility index (Phi) is 2.68. The van der Waals surface area contributed by atoms with Gasteiger partial charge in [0, 0.05) is 24.1 Å². The zero-order chi connectivity index (χ0) is 12.4. The van der Waals surface area contributed by atoms with E-state index in [1.807, 2.05) is 0 Å². The lowest BCUT2D eigenvalue weighted by Gasteiger charge is -2.13. The molecule has 1 aliphatic rings. The van der Waals surface area contributed by atoms with Gasteiger partial charge in [0.2, 0.25) is 0 Å². The second kappa shape index (κ2) is 4.34. The summed E-state index contributed by atoms with van der Waals surface area (Å²) in [5.41, 5.74) is 1.40. The lowest BCUT2D eigenvalue weighted by Crippen LogP contribution is -2.14. The Labute approximate surface area is 107 Å². The molecule has 1 saturated carbocycles. The summed E-state index contributed by atoms with van der Waals surface area (Å²) in [7, 11) is 0. The molecule has 0 amide bonds. The van der Waals surface area contributed by atoms with Crippen molar-refractivity contribution in [3.05, 3.63) is 42.5 Å². The van der Waals surface area contributed by atoms with Crippen LogP contribution in [0.15, 0.2) is 42.5 Å². The maximum Gasteiger partial charge on any atom is 0.0628 e. The van der Waals surface area contributed by atoms with Gasteiger partial charge in [0.1, 0.15) is 0 Å². The molecule has 0 atom stereocenters. The number of rotatable bonds is 4. The van der Waals surface area contributed by atoms with Crippen LogP contribution in [0.3, 0.4) is 0 Å². The standard InChI is InChI=1S/C16H16N2/c17-10-9-16(7-8-16)12-18-15-6-5-13-3-1-2-4-14(13)11-15/h1-6,11,18H,7-9,12H2. The Bertz CT molecular complexity index is 606. The van der Waals surface area contributed by atoms with Gasteiger partial charge in [0.05, 0.1) is 6.07 Å². The number of nitrogens with zero attached hydrogens (tertiary/aromatic N) is 1. The van der Waals surface area contributed by atoms with Gasteiger partial charge in [-0.25, -0.2) is 0 Å². The van der Waals surface area contributed by atoms with E-state index in [4.69, 9.17) is 5.26 Å². The van der Waals surface area contributed by atoms with E-state index < -0.39 is 0 Å². The van der Waals surface area contributed by atoms with Crippen molar-refractivity contribution in [1.29, 1.82) is 5.26 Å². The van der Waals surface area contributed by atoms with Crippen LogP contribution in [-0.4, -0.2) is 6.54 Å². The van der Waals surface area contributed by atoms with Crippen LogP contribution in [0.4, 0.5) is 5.69 Å². The van der Waals surface area contributed by atoms with Crippen molar-refractivity contribution in [2.24, 2.45) is 5.41 Å². The fourth-order valence-electron chi connectivity index (χ4n) is 2.35. The maximum atomic E-state index is 8.80. The minimum atomic E-state index is 0.250. The number of nitrogens with one attached hydrogen (secondary N) is 1. The molecule has 1 N–H and O–H groups in total. The molecule has 2 aromatic rings. The van der Waals surface area contributed by atoms with Gasteiger partial charge in [0.25, 0.3) is 0 Å². The fourth-order valence-corrected chi connectivity index (χ4v) is 2.35. The van der Waals surface area contributed by atoms with Gasteiger partial charge in [0.15, 0.2) is 0 Å². The predicted octanol–water partition coefficient (Wildman–Crippen LogP) is 3.95. The summed E-state index contributed by atoms with van der Waals surface area (Å²) < 4.78 is 0. The fraction of sp³-hybridized carbons (Fsp3) is 0.312. The minimum Gasteiger partial charge on any atom is -0.384 e. The van der Waals surface area contributed by atoms with Crippen molar-refractivity contribution in [1.82, 2.24) is 0 Å². The molecule has 0 spiro atoms. The van der Waals surface area contributed by atoms with Crippen LogP contribution in [0.2, 0.25) is 0 Å². The van der Waals surface area contributed by atoms with Crippen LogP contribution >= 0.6 is 0 Å². The Morgan fingerprint density at radius 1 is 1.11 bits per heavy atom. The van der Waals surface area contributed by atoms with Crippen molar-refractivity contribution < 1.29 is 0 Å². The van der Waals surface area contributed by atoms with Gasteiger partial charge in [-0.05, 0) is 35.7 Å². The molecule has 2 nitrogen and oxygen atoms in total. The Morgan fingerprint density at radius 3 is 2.61 bits per heavy atom. The first-order valence-electron chi connectivity index (χ1n) is 6.41. The van der Waals surface area contributed by atoms with Gasteiger partial charge in [-0.2, -0.15) is 5.26 Å². The van der Waals surface area contributed by atoms with Crippen molar-refractivity contribution in [2.45, 2.75) is 19.3 Å². The molecular weight excluding hydrogens is 220 g/mol. The minimum absolute atomic E-state index is 0.250. The number of nitriles is 1. The molecule has 2 heteroatoms. The average Bonchev–Trinajstić information content (AvgIpc) is 3.17. The molecule has 0 bridgehead atoms. The third-order valence-corrected chi connectivity index (χ3v) is 3.83. The molecule has 90 valence electrons. The van der Waals surface area contributed by atoms with E-state index in [0.29, 0.717) is 6.42 Å². The molecule has 1 fully saturated rings.